The lowest BCUT2D eigenvalue weighted by atomic mass is 10.2. The summed E-state index contributed by atoms with van der Waals surface area (Å²) in [7, 11) is 1.60. The third kappa shape index (κ3) is 4.27. The average Bonchev–Trinajstić information content (AvgIpc) is 3.41. The number of methoxy groups -OCH3 is 1. The van der Waals surface area contributed by atoms with Crippen LogP contribution in [0.15, 0.2) is 36.5 Å². The van der Waals surface area contributed by atoms with E-state index < -0.39 is 0 Å². The fourth-order valence-corrected chi connectivity index (χ4v) is 3.67. The van der Waals surface area contributed by atoms with Crippen molar-refractivity contribution in [3.05, 3.63) is 42.2 Å². The molecule has 0 N–H and O–H groups in total. The molecular formula is C21H23N5O5. The van der Waals surface area contributed by atoms with Crippen LogP contribution in [0.1, 0.15) is 23.3 Å². The summed E-state index contributed by atoms with van der Waals surface area (Å²) in [5, 5.41) is 4.37. The van der Waals surface area contributed by atoms with Crippen LogP contribution in [0.25, 0.3) is 5.69 Å². The molecule has 0 spiro atoms. The van der Waals surface area contributed by atoms with Crippen LogP contribution in [0.5, 0.6) is 5.75 Å². The predicted octanol–water partition coefficient (Wildman–Crippen LogP) is 0.314. The number of benzene rings is 1. The third-order valence-corrected chi connectivity index (χ3v) is 5.51. The van der Waals surface area contributed by atoms with Gasteiger partial charge in [-0.3, -0.25) is 24.1 Å². The first-order valence-electron chi connectivity index (χ1n) is 10.1. The summed E-state index contributed by atoms with van der Waals surface area (Å²) in [6.07, 6.45) is 2.05. The van der Waals surface area contributed by atoms with E-state index in [1.807, 2.05) is 24.3 Å². The SMILES string of the molecule is COc1ccc(-n2ccc(C(=O)N3CCN(C(=O)CN4C(=O)CCC4=O)CC3)n2)cc1. The Hall–Kier alpha value is -3.69. The summed E-state index contributed by atoms with van der Waals surface area (Å²) in [5.74, 6) is -0.360. The Kier molecular flexibility index (Phi) is 5.70. The number of hydrogen-bond donors (Lipinski definition) is 0. The van der Waals surface area contributed by atoms with E-state index in [4.69, 9.17) is 4.74 Å². The van der Waals surface area contributed by atoms with Crippen LogP contribution in [-0.2, 0) is 14.4 Å². The average molecular weight is 425 g/mol. The van der Waals surface area contributed by atoms with Gasteiger partial charge in [0, 0.05) is 45.2 Å². The predicted molar refractivity (Wildman–Crippen MR) is 109 cm³/mol. The van der Waals surface area contributed by atoms with Crippen LogP contribution in [-0.4, -0.2) is 87.9 Å². The van der Waals surface area contributed by atoms with Crippen molar-refractivity contribution in [2.75, 3.05) is 39.8 Å². The molecular weight excluding hydrogens is 402 g/mol. The Morgan fingerprint density at radius 1 is 0.935 bits per heavy atom. The van der Waals surface area contributed by atoms with Crippen molar-refractivity contribution in [1.82, 2.24) is 24.5 Å². The molecule has 4 amide bonds. The summed E-state index contributed by atoms with van der Waals surface area (Å²) in [6.45, 7) is 1.20. The third-order valence-electron chi connectivity index (χ3n) is 5.51. The van der Waals surface area contributed by atoms with Crippen molar-refractivity contribution in [1.29, 1.82) is 0 Å². The number of nitrogens with zero attached hydrogens (tertiary/aromatic N) is 5. The summed E-state index contributed by atoms with van der Waals surface area (Å²) >= 11 is 0. The van der Waals surface area contributed by atoms with Gasteiger partial charge in [-0.2, -0.15) is 5.10 Å². The molecule has 0 aliphatic carbocycles. The fraction of sp³-hybridized carbons (Fsp3) is 0.381. The molecule has 2 aliphatic rings. The molecule has 1 aromatic carbocycles. The highest BCUT2D eigenvalue weighted by molar-refractivity contribution is 6.04. The van der Waals surface area contributed by atoms with Gasteiger partial charge in [0.25, 0.3) is 5.91 Å². The zero-order valence-electron chi connectivity index (χ0n) is 17.2. The molecule has 0 radical (unpaired) electrons. The first-order chi connectivity index (χ1) is 15.0. The van der Waals surface area contributed by atoms with Gasteiger partial charge in [0.15, 0.2) is 5.69 Å². The topological polar surface area (TPSA) is 105 Å². The maximum absolute atomic E-state index is 12.8. The van der Waals surface area contributed by atoms with Gasteiger partial charge in [0.05, 0.1) is 12.8 Å². The number of imide groups is 1. The molecule has 0 unspecified atom stereocenters. The van der Waals surface area contributed by atoms with Crippen LogP contribution >= 0.6 is 0 Å². The van der Waals surface area contributed by atoms with E-state index >= 15 is 0 Å². The number of carbonyl (C=O) groups is 4. The normalized spacial score (nSPS) is 16.7. The Balaban J connectivity index is 1.33. The molecule has 0 saturated carbocycles. The smallest absolute Gasteiger partial charge is 0.274 e. The van der Waals surface area contributed by atoms with Crippen LogP contribution < -0.4 is 4.74 Å². The summed E-state index contributed by atoms with van der Waals surface area (Å²) < 4.78 is 6.77. The fourth-order valence-electron chi connectivity index (χ4n) is 3.67. The van der Waals surface area contributed by atoms with Crippen LogP contribution in [0.2, 0.25) is 0 Å². The number of aromatic nitrogens is 2. The van der Waals surface area contributed by atoms with Crippen molar-refractivity contribution < 1.29 is 23.9 Å². The van der Waals surface area contributed by atoms with E-state index in [0.29, 0.717) is 31.9 Å². The molecule has 31 heavy (non-hydrogen) atoms. The highest BCUT2D eigenvalue weighted by Crippen LogP contribution is 2.16. The van der Waals surface area contributed by atoms with E-state index in [-0.39, 0.29) is 43.0 Å². The molecule has 0 bridgehead atoms. The van der Waals surface area contributed by atoms with E-state index in [2.05, 4.69) is 5.10 Å². The van der Waals surface area contributed by atoms with Gasteiger partial charge in [-0.25, -0.2) is 4.68 Å². The molecule has 3 heterocycles. The second-order valence-electron chi connectivity index (χ2n) is 7.39. The molecule has 0 atom stereocenters. The van der Waals surface area contributed by atoms with Gasteiger partial charge in [-0.05, 0) is 30.3 Å². The van der Waals surface area contributed by atoms with Crippen molar-refractivity contribution >= 4 is 23.6 Å². The minimum Gasteiger partial charge on any atom is -0.497 e. The molecule has 2 aliphatic heterocycles. The van der Waals surface area contributed by atoms with Gasteiger partial charge in [0.2, 0.25) is 17.7 Å². The van der Waals surface area contributed by atoms with Crippen molar-refractivity contribution in [2.45, 2.75) is 12.8 Å². The standard InChI is InChI=1S/C21H23N5O5/c1-31-16-4-2-15(3-5-16)26-9-8-17(22-26)21(30)24-12-10-23(11-13-24)20(29)14-25-18(27)6-7-19(25)28/h2-5,8-9H,6-7,10-14H2,1H3. The van der Waals surface area contributed by atoms with Crippen LogP contribution in [0, 0.1) is 0 Å². The number of carbonyl (C=O) groups excluding carboxylic acids is 4. The lowest BCUT2D eigenvalue weighted by molar-refractivity contribution is -0.146. The lowest BCUT2D eigenvalue weighted by Crippen LogP contribution is -2.53. The first-order valence-corrected chi connectivity index (χ1v) is 10.1. The largest absolute Gasteiger partial charge is 0.497 e. The van der Waals surface area contributed by atoms with E-state index in [9.17, 15) is 19.2 Å². The number of rotatable bonds is 5. The van der Waals surface area contributed by atoms with E-state index in [0.717, 1.165) is 16.3 Å². The molecule has 162 valence electrons. The lowest BCUT2D eigenvalue weighted by Gasteiger charge is -2.35. The summed E-state index contributed by atoms with van der Waals surface area (Å²) in [4.78, 5) is 52.9. The molecule has 1 aromatic heterocycles. The second-order valence-corrected chi connectivity index (χ2v) is 7.39. The zero-order valence-corrected chi connectivity index (χ0v) is 17.2. The number of likely N-dealkylation sites (tertiary alicyclic amines) is 1. The Morgan fingerprint density at radius 2 is 1.55 bits per heavy atom. The highest BCUT2D eigenvalue weighted by Gasteiger charge is 2.33. The number of ether oxygens (including phenoxy) is 1. The van der Waals surface area contributed by atoms with E-state index in [1.54, 1.807) is 33.9 Å². The van der Waals surface area contributed by atoms with Crippen LogP contribution in [0.4, 0.5) is 0 Å². The number of piperazine rings is 1. The minimum absolute atomic E-state index is 0.164. The minimum atomic E-state index is -0.306. The van der Waals surface area contributed by atoms with Crippen molar-refractivity contribution in [2.24, 2.45) is 0 Å². The molecule has 2 fully saturated rings. The molecule has 2 aromatic rings. The van der Waals surface area contributed by atoms with Gasteiger partial charge >= 0.3 is 0 Å². The van der Waals surface area contributed by atoms with Gasteiger partial charge in [-0.15, -0.1) is 0 Å². The Bertz CT molecular complexity index is 991. The quantitative estimate of drug-likeness (QED) is 0.639. The number of amides is 4. The van der Waals surface area contributed by atoms with Crippen molar-refractivity contribution in [3.63, 3.8) is 0 Å². The second kappa shape index (κ2) is 8.58. The number of hydrogen-bond acceptors (Lipinski definition) is 6. The molecule has 10 heteroatoms. The zero-order chi connectivity index (χ0) is 22.0. The monoisotopic (exact) mass is 425 g/mol. The summed E-state index contributed by atoms with van der Waals surface area (Å²) in [6, 6.07) is 8.99. The molecule has 2 saturated heterocycles. The molecule has 10 nitrogen and oxygen atoms in total. The van der Waals surface area contributed by atoms with Crippen LogP contribution in [0.3, 0.4) is 0 Å². The first kappa shape index (κ1) is 20.6. The van der Waals surface area contributed by atoms with Gasteiger partial charge in [0.1, 0.15) is 12.3 Å². The Morgan fingerprint density at radius 3 is 2.16 bits per heavy atom. The Labute approximate surface area is 179 Å². The highest BCUT2D eigenvalue weighted by atomic mass is 16.5. The van der Waals surface area contributed by atoms with Gasteiger partial charge in [-0.1, -0.05) is 0 Å². The maximum Gasteiger partial charge on any atom is 0.274 e. The molecule has 4 rings (SSSR count). The maximum atomic E-state index is 12.8. The van der Waals surface area contributed by atoms with Crippen molar-refractivity contribution in [3.8, 4) is 11.4 Å². The van der Waals surface area contributed by atoms with Gasteiger partial charge < -0.3 is 14.5 Å². The van der Waals surface area contributed by atoms with E-state index in [1.165, 1.54) is 0 Å². The summed E-state index contributed by atoms with van der Waals surface area (Å²) in [5.41, 5.74) is 1.13.